The van der Waals surface area contributed by atoms with Gasteiger partial charge in [0, 0.05) is 6.04 Å². The van der Waals surface area contributed by atoms with Gasteiger partial charge in [0.1, 0.15) is 0 Å². The SMILES string of the molecule is CC1CC2C[C@@H]2C[C@H](N)C1. The Kier molecular flexibility index (Phi) is 1.48. The van der Waals surface area contributed by atoms with Crippen molar-refractivity contribution in [1.29, 1.82) is 0 Å². The maximum absolute atomic E-state index is 5.94. The van der Waals surface area contributed by atoms with Gasteiger partial charge in [-0.05, 0) is 43.4 Å². The molecule has 0 heterocycles. The molecule has 4 atom stereocenters. The van der Waals surface area contributed by atoms with Crippen LogP contribution in [-0.4, -0.2) is 6.04 Å². The normalized spacial score (nSPS) is 53.4. The van der Waals surface area contributed by atoms with Crippen molar-refractivity contribution in [2.75, 3.05) is 0 Å². The highest BCUT2D eigenvalue weighted by molar-refractivity contribution is 4.93. The zero-order valence-corrected chi connectivity index (χ0v) is 6.72. The fraction of sp³-hybridized carbons (Fsp3) is 1.00. The van der Waals surface area contributed by atoms with Crippen molar-refractivity contribution in [2.24, 2.45) is 23.5 Å². The Labute approximate surface area is 63.0 Å². The van der Waals surface area contributed by atoms with E-state index in [1.807, 2.05) is 0 Å². The van der Waals surface area contributed by atoms with Gasteiger partial charge in [0.15, 0.2) is 0 Å². The minimum absolute atomic E-state index is 0.521. The molecule has 1 heteroatoms. The molecule has 2 fully saturated rings. The Hall–Kier alpha value is -0.0400. The molecule has 0 aromatic rings. The lowest BCUT2D eigenvalue weighted by atomic mass is 9.98. The monoisotopic (exact) mass is 139 g/mol. The highest BCUT2D eigenvalue weighted by Crippen LogP contribution is 2.49. The lowest BCUT2D eigenvalue weighted by molar-refractivity contribution is 0.440. The lowest BCUT2D eigenvalue weighted by Crippen LogP contribution is -2.21. The highest BCUT2D eigenvalue weighted by Gasteiger charge is 2.40. The first-order valence-electron chi connectivity index (χ1n) is 4.51. The highest BCUT2D eigenvalue weighted by atomic mass is 14.7. The van der Waals surface area contributed by atoms with E-state index in [4.69, 9.17) is 5.73 Å². The van der Waals surface area contributed by atoms with Crippen LogP contribution in [0.2, 0.25) is 0 Å². The average molecular weight is 139 g/mol. The van der Waals surface area contributed by atoms with E-state index in [1.54, 1.807) is 0 Å². The van der Waals surface area contributed by atoms with Gasteiger partial charge in [0.2, 0.25) is 0 Å². The van der Waals surface area contributed by atoms with E-state index in [2.05, 4.69) is 6.92 Å². The fourth-order valence-electron chi connectivity index (χ4n) is 2.50. The first-order chi connectivity index (χ1) is 4.75. The summed E-state index contributed by atoms with van der Waals surface area (Å²) < 4.78 is 0. The van der Waals surface area contributed by atoms with E-state index in [0.29, 0.717) is 6.04 Å². The van der Waals surface area contributed by atoms with Crippen LogP contribution in [0, 0.1) is 17.8 Å². The molecule has 10 heavy (non-hydrogen) atoms. The quantitative estimate of drug-likeness (QED) is 0.544. The molecule has 2 rings (SSSR count). The standard InChI is InChI=1S/C9H17N/c1-6-2-7-4-8(7)5-9(10)3-6/h6-9H,2-5,10H2,1H3/t6?,7?,8-,9-/m1/s1. The van der Waals surface area contributed by atoms with Crippen molar-refractivity contribution in [3.63, 3.8) is 0 Å². The van der Waals surface area contributed by atoms with Gasteiger partial charge in [-0.1, -0.05) is 6.92 Å². The number of fused-ring (bicyclic) bond motifs is 1. The molecule has 2 aliphatic rings. The van der Waals surface area contributed by atoms with Crippen molar-refractivity contribution in [3.05, 3.63) is 0 Å². The van der Waals surface area contributed by atoms with Gasteiger partial charge in [-0.3, -0.25) is 0 Å². The van der Waals surface area contributed by atoms with E-state index in [-0.39, 0.29) is 0 Å². The van der Waals surface area contributed by atoms with Crippen molar-refractivity contribution in [3.8, 4) is 0 Å². The molecule has 2 N–H and O–H groups in total. The van der Waals surface area contributed by atoms with E-state index < -0.39 is 0 Å². The minimum Gasteiger partial charge on any atom is -0.328 e. The Morgan fingerprint density at radius 3 is 2.50 bits per heavy atom. The first-order valence-corrected chi connectivity index (χ1v) is 4.51. The summed E-state index contributed by atoms with van der Waals surface area (Å²) in [7, 11) is 0. The fourth-order valence-corrected chi connectivity index (χ4v) is 2.50. The third-order valence-electron chi connectivity index (χ3n) is 3.08. The molecule has 0 aromatic heterocycles. The van der Waals surface area contributed by atoms with Crippen LogP contribution in [0.5, 0.6) is 0 Å². The molecular formula is C9H17N. The molecule has 1 nitrogen and oxygen atoms in total. The van der Waals surface area contributed by atoms with Crippen LogP contribution in [-0.2, 0) is 0 Å². The van der Waals surface area contributed by atoms with Crippen LogP contribution in [0.25, 0.3) is 0 Å². The number of hydrogen-bond acceptors (Lipinski definition) is 1. The third kappa shape index (κ3) is 1.20. The Balaban J connectivity index is 1.96. The van der Waals surface area contributed by atoms with Gasteiger partial charge in [-0.25, -0.2) is 0 Å². The molecule has 2 aliphatic carbocycles. The summed E-state index contributed by atoms with van der Waals surface area (Å²) in [4.78, 5) is 0. The number of hydrogen-bond donors (Lipinski definition) is 1. The topological polar surface area (TPSA) is 26.0 Å². The summed E-state index contributed by atoms with van der Waals surface area (Å²) in [6, 6.07) is 0.521. The third-order valence-corrected chi connectivity index (χ3v) is 3.08. The molecule has 2 saturated carbocycles. The smallest absolute Gasteiger partial charge is 0.00441 e. The predicted octanol–water partition coefficient (Wildman–Crippen LogP) is 1.77. The van der Waals surface area contributed by atoms with E-state index in [0.717, 1.165) is 17.8 Å². The van der Waals surface area contributed by atoms with Gasteiger partial charge in [0.25, 0.3) is 0 Å². The predicted molar refractivity (Wildman–Crippen MR) is 42.6 cm³/mol. The summed E-state index contributed by atoms with van der Waals surface area (Å²) in [6.45, 7) is 2.35. The summed E-state index contributed by atoms with van der Waals surface area (Å²) in [5.74, 6) is 3.00. The molecule has 0 bridgehead atoms. The average Bonchev–Trinajstić information content (AvgIpc) is 2.43. The number of nitrogens with two attached hydrogens (primary N) is 1. The van der Waals surface area contributed by atoms with Crippen molar-refractivity contribution in [2.45, 2.75) is 38.6 Å². The molecule has 0 spiro atoms. The first kappa shape index (κ1) is 6.66. The van der Waals surface area contributed by atoms with Crippen LogP contribution < -0.4 is 5.73 Å². The van der Waals surface area contributed by atoms with Gasteiger partial charge >= 0.3 is 0 Å². The van der Waals surface area contributed by atoms with Crippen LogP contribution in [0.3, 0.4) is 0 Å². The van der Waals surface area contributed by atoms with Crippen LogP contribution in [0.4, 0.5) is 0 Å². The summed E-state index contributed by atoms with van der Waals surface area (Å²) in [5, 5.41) is 0. The van der Waals surface area contributed by atoms with Crippen LogP contribution >= 0.6 is 0 Å². The van der Waals surface area contributed by atoms with Crippen molar-refractivity contribution >= 4 is 0 Å². The van der Waals surface area contributed by atoms with E-state index >= 15 is 0 Å². The molecular weight excluding hydrogens is 122 g/mol. The zero-order chi connectivity index (χ0) is 7.14. The second-order valence-corrected chi connectivity index (χ2v) is 4.33. The van der Waals surface area contributed by atoms with Gasteiger partial charge in [0.05, 0.1) is 0 Å². The maximum Gasteiger partial charge on any atom is 0.00441 e. The Bertz CT molecular complexity index is 115. The van der Waals surface area contributed by atoms with Gasteiger partial charge in [-0.2, -0.15) is 0 Å². The van der Waals surface area contributed by atoms with E-state index in [9.17, 15) is 0 Å². The molecule has 0 aromatic carbocycles. The second-order valence-electron chi connectivity index (χ2n) is 4.33. The van der Waals surface area contributed by atoms with Crippen LogP contribution in [0.15, 0.2) is 0 Å². The summed E-state index contributed by atoms with van der Waals surface area (Å²) in [5.41, 5.74) is 5.94. The Morgan fingerprint density at radius 1 is 1.00 bits per heavy atom. The lowest BCUT2D eigenvalue weighted by Gasteiger charge is -2.12. The molecule has 0 aliphatic heterocycles. The minimum atomic E-state index is 0.521. The summed E-state index contributed by atoms with van der Waals surface area (Å²) in [6.07, 6.45) is 5.53. The van der Waals surface area contributed by atoms with Crippen molar-refractivity contribution in [1.82, 2.24) is 0 Å². The van der Waals surface area contributed by atoms with E-state index in [1.165, 1.54) is 25.7 Å². The van der Waals surface area contributed by atoms with Crippen LogP contribution in [0.1, 0.15) is 32.6 Å². The van der Waals surface area contributed by atoms with Gasteiger partial charge < -0.3 is 5.73 Å². The van der Waals surface area contributed by atoms with Gasteiger partial charge in [-0.15, -0.1) is 0 Å². The molecule has 0 radical (unpaired) electrons. The summed E-state index contributed by atoms with van der Waals surface area (Å²) >= 11 is 0. The number of rotatable bonds is 0. The largest absolute Gasteiger partial charge is 0.328 e. The molecule has 58 valence electrons. The molecule has 0 saturated heterocycles. The maximum atomic E-state index is 5.94. The molecule has 0 amide bonds. The second kappa shape index (κ2) is 2.23. The zero-order valence-electron chi connectivity index (χ0n) is 6.72. The molecule has 2 unspecified atom stereocenters. The Morgan fingerprint density at radius 2 is 1.70 bits per heavy atom. The van der Waals surface area contributed by atoms with Crippen molar-refractivity contribution < 1.29 is 0 Å².